The summed E-state index contributed by atoms with van der Waals surface area (Å²) in [6.07, 6.45) is 4.40. The quantitative estimate of drug-likeness (QED) is 0.763. The molecule has 1 aromatic carbocycles. The van der Waals surface area contributed by atoms with Gasteiger partial charge in [-0.3, -0.25) is 4.79 Å². The molecule has 3 heteroatoms. The molecule has 2 fully saturated rings. The SMILES string of the molecule is Cc1ccc(C#N)cc1C(=O)C1CC2CCC(C1)O2. The highest BCUT2D eigenvalue weighted by molar-refractivity contribution is 5.99. The number of ether oxygens (including phenoxy) is 1. The molecule has 2 heterocycles. The molecule has 2 atom stereocenters. The second-order valence-corrected chi connectivity index (χ2v) is 5.63. The van der Waals surface area contributed by atoms with Crippen molar-refractivity contribution in [3.8, 4) is 6.07 Å². The van der Waals surface area contributed by atoms with Crippen LogP contribution in [0.3, 0.4) is 0 Å². The van der Waals surface area contributed by atoms with Crippen LogP contribution in [0.1, 0.15) is 47.2 Å². The van der Waals surface area contributed by atoms with E-state index in [0.29, 0.717) is 11.1 Å². The van der Waals surface area contributed by atoms with Gasteiger partial charge in [-0.05, 0) is 50.3 Å². The van der Waals surface area contributed by atoms with Gasteiger partial charge in [-0.1, -0.05) is 6.07 Å². The van der Waals surface area contributed by atoms with E-state index in [1.807, 2.05) is 13.0 Å². The van der Waals surface area contributed by atoms with Crippen molar-refractivity contribution in [1.82, 2.24) is 0 Å². The number of fused-ring (bicyclic) bond motifs is 2. The fraction of sp³-hybridized carbons (Fsp3) is 0.500. The highest BCUT2D eigenvalue weighted by Gasteiger charge is 2.38. The van der Waals surface area contributed by atoms with Crippen molar-refractivity contribution in [2.75, 3.05) is 0 Å². The van der Waals surface area contributed by atoms with Crippen molar-refractivity contribution >= 4 is 5.78 Å². The summed E-state index contributed by atoms with van der Waals surface area (Å²) < 4.78 is 5.78. The van der Waals surface area contributed by atoms with Crippen molar-refractivity contribution in [2.45, 2.75) is 44.8 Å². The molecule has 0 N–H and O–H groups in total. The number of nitriles is 1. The zero-order valence-electron chi connectivity index (χ0n) is 11.1. The minimum Gasteiger partial charge on any atom is -0.375 e. The number of rotatable bonds is 2. The minimum atomic E-state index is 0.0684. The summed E-state index contributed by atoms with van der Waals surface area (Å²) in [5, 5.41) is 8.96. The van der Waals surface area contributed by atoms with Crippen molar-refractivity contribution in [2.24, 2.45) is 5.92 Å². The number of nitrogens with zero attached hydrogens (tertiary/aromatic N) is 1. The molecular weight excluding hydrogens is 238 g/mol. The van der Waals surface area contributed by atoms with Crippen LogP contribution in [-0.4, -0.2) is 18.0 Å². The number of benzene rings is 1. The average molecular weight is 255 g/mol. The van der Waals surface area contributed by atoms with Crippen molar-refractivity contribution in [3.63, 3.8) is 0 Å². The molecule has 2 aliphatic rings. The Hall–Kier alpha value is -1.66. The molecule has 19 heavy (non-hydrogen) atoms. The third kappa shape index (κ3) is 2.29. The van der Waals surface area contributed by atoms with Crippen LogP contribution in [0.5, 0.6) is 0 Å². The van der Waals surface area contributed by atoms with Crippen LogP contribution in [0.15, 0.2) is 18.2 Å². The molecule has 2 saturated heterocycles. The van der Waals surface area contributed by atoms with Gasteiger partial charge in [-0.2, -0.15) is 5.26 Å². The van der Waals surface area contributed by atoms with Gasteiger partial charge in [0.15, 0.2) is 5.78 Å². The lowest BCUT2D eigenvalue weighted by Crippen LogP contribution is -2.30. The van der Waals surface area contributed by atoms with Gasteiger partial charge in [0.25, 0.3) is 0 Å². The zero-order chi connectivity index (χ0) is 13.4. The van der Waals surface area contributed by atoms with Gasteiger partial charge in [-0.15, -0.1) is 0 Å². The Morgan fingerprint density at radius 2 is 2.00 bits per heavy atom. The van der Waals surface area contributed by atoms with Crippen LogP contribution < -0.4 is 0 Å². The Balaban J connectivity index is 1.86. The van der Waals surface area contributed by atoms with Crippen LogP contribution in [0.2, 0.25) is 0 Å². The standard InChI is InChI=1S/C16H17NO2/c1-10-2-3-11(9-17)6-15(10)16(18)12-7-13-4-5-14(8-12)19-13/h2-3,6,12-14H,4-5,7-8H2,1H3. The molecule has 1 aromatic rings. The fourth-order valence-corrected chi connectivity index (χ4v) is 3.25. The number of ketones is 1. The molecule has 2 unspecified atom stereocenters. The third-order valence-electron chi connectivity index (χ3n) is 4.29. The molecule has 3 rings (SSSR count). The van der Waals surface area contributed by atoms with Gasteiger partial charge in [-0.25, -0.2) is 0 Å². The first-order valence-electron chi connectivity index (χ1n) is 6.88. The highest BCUT2D eigenvalue weighted by Crippen LogP contribution is 2.37. The van der Waals surface area contributed by atoms with E-state index in [1.54, 1.807) is 12.1 Å². The van der Waals surface area contributed by atoms with E-state index in [1.165, 1.54) is 0 Å². The Morgan fingerprint density at radius 1 is 1.32 bits per heavy atom. The minimum absolute atomic E-state index is 0.0684. The molecule has 0 aromatic heterocycles. The van der Waals surface area contributed by atoms with E-state index in [-0.39, 0.29) is 23.9 Å². The van der Waals surface area contributed by atoms with Gasteiger partial charge in [0.05, 0.1) is 23.8 Å². The van der Waals surface area contributed by atoms with Gasteiger partial charge < -0.3 is 4.74 Å². The average Bonchev–Trinajstić information content (AvgIpc) is 2.77. The van der Waals surface area contributed by atoms with Crippen molar-refractivity contribution in [1.29, 1.82) is 5.26 Å². The van der Waals surface area contributed by atoms with Crippen LogP contribution in [0, 0.1) is 24.2 Å². The number of hydrogen-bond donors (Lipinski definition) is 0. The maximum atomic E-state index is 12.6. The molecule has 0 saturated carbocycles. The summed E-state index contributed by atoms with van der Waals surface area (Å²) in [4.78, 5) is 12.6. The van der Waals surface area contributed by atoms with Gasteiger partial charge >= 0.3 is 0 Å². The van der Waals surface area contributed by atoms with Crippen molar-refractivity contribution in [3.05, 3.63) is 34.9 Å². The summed E-state index contributed by atoms with van der Waals surface area (Å²) in [5.74, 6) is 0.258. The number of aryl methyl sites for hydroxylation is 1. The van der Waals surface area contributed by atoms with Crippen LogP contribution in [0.25, 0.3) is 0 Å². The first-order chi connectivity index (χ1) is 9.17. The summed E-state index contributed by atoms with van der Waals surface area (Å²) in [5.41, 5.74) is 2.23. The van der Waals surface area contributed by atoms with Gasteiger partial charge in [0.1, 0.15) is 0 Å². The Bertz CT molecular complexity index is 546. The summed E-state index contributed by atoms with van der Waals surface area (Å²) >= 11 is 0. The topological polar surface area (TPSA) is 50.1 Å². The number of Topliss-reactive ketones (excluding diaryl/α,β-unsaturated/α-hetero) is 1. The summed E-state index contributed by atoms with van der Waals surface area (Å²) in [6, 6.07) is 7.46. The molecule has 98 valence electrons. The monoisotopic (exact) mass is 255 g/mol. The summed E-state index contributed by atoms with van der Waals surface area (Å²) in [6.45, 7) is 1.93. The predicted molar refractivity (Wildman–Crippen MR) is 70.8 cm³/mol. The molecule has 0 aliphatic carbocycles. The third-order valence-corrected chi connectivity index (χ3v) is 4.29. The van der Waals surface area contributed by atoms with Crippen LogP contribution in [0.4, 0.5) is 0 Å². The van der Waals surface area contributed by atoms with E-state index in [2.05, 4.69) is 6.07 Å². The maximum absolute atomic E-state index is 12.6. The van der Waals surface area contributed by atoms with Crippen LogP contribution >= 0.6 is 0 Å². The first kappa shape index (κ1) is 12.4. The second-order valence-electron chi connectivity index (χ2n) is 5.63. The first-order valence-corrected chi connectivity index (χ1v) is 6.88. The zero-order valence-corrected chi connectivity index (χ0v) is 11.1. The predicted octanol–water partition coefficient (Wildman–Crippen LogP) is 3.01. The van der Waals surface area contributed by atoms with E-state index in [0.717, 1.165) is 31.2 Å². The lowest BCUT2D eigenvalue weighted by molar-refractivity contribution is -0.0149. The Morgan fingerprint density at radius 3 is 2.63 bits per heavy atom. The van der Waals surface area contributed by atoms with E-state index >= 15 is 0 Å². The largest absolute Gasteiger partial charge is 0.375 e. The number of carbonyl (C=O) groups excluding carboxylic acids is 1. The molecular formula is C16H17NO2. The second kappa shape index (κ2) is 4.79. The molecule has 2 aliphatic heterocycles. The van der Waals surface area contributed by atoms with Gasteiger partial charge in [0.2, 0.25) is 0 Å². The smallest absolute Gasteiger partial charge is 0.166 e. The maximum Gasteiger partial charge on any atom is 0.166 e. The normalized spacial score (nSPS) is 28.9. The Labute approximate surface area is 113 Å². The molecule has 3 nitrogen and oxygen atoms in total. The van der Waals surface area contributed by atoms with Gasteiger partial charge in [0, 0.05) is 11.5 Å². The lowest BCUT2D eigenvalue weighted by Gasteiger charge is -2.27. The van der Waals surface area contributed by atoms with E-state index in [4.69, 9.17) is 10.00 Å². The molecule has 0 spiro atoms. The molecule has 0 radical (unpaired) electrons. The van der Waals surface area contributed by atoms with E-state index < -0.39 is 0 Å². The van der Waals surface area contributed by atoms with Crippen molar-refractivity contribution < 1.29 is 9.53 Å². The molecule has 0 amide bonds. The number of hydrogen-bond acceptors (Lipinski definition) is 3. The van der Waals surface area contributed by atoms with E-state index in [9.17, 15) is 4.79 Å². The van der Waals surface area contributed by atoms with Crippen LogP contribution in [-0.2, 0) is 4.74 Å². The number of carbonyl (C=O) groups is 1. The highest BCUT2D eigenvalue weighted by atomic mass is 16.5. The lowest BCUT2D eigenvalue weighted by atomic mass is 9.86. The molecule has 2 bridgehead atoms. The summed E-state index contributed by atoms with van der Waals surface area (Å²) in [7, 11) is 0. The Kier molecular flexibility index (Phi) is 3.12. The fourth-order valence-electron chi connectivity index (χ4n) is 3.25.